The van der Waals surface area contributed by atoms with Crippen LogP contribution in [-0.2, 0) is 10.0 Å². The predicted molar refractivity (Wildman–Crippen MR) is 149 cm³/mol. The van der Waals surface area contributed by atoms with E-state index in [1.807, 2.05) is 19.1 Å². The number of allylic oxidation sites excluding steroid dienone is 1. The van der Waals surface area contributed by atoms with Gasteiger partial charge in [0.2, 0.25) is 10.0 Å². The van der Waals surface area contributed by atoms with Gasteiger partial charge in [0.25, 0.3) is 0 Å². The molecular weight excluding hydrogens is 462 g/mol. The van der Waals surface area contributed by atoms with E-state index in [9.17, 15) is 8.42 Å². The van der Waals surface area contributed by atoms with Gasteiger partial charge in [-0.1, -0.05) is 100.0 Å². The first-order valence-corrected chi connectivity index (χ1v) is 14.6. The lowest BCUT2D eigenvalue weighted by Gasteiger charge is -2.25. The summed E-state index contributed by atoms with van der Waals surface area (Å²) in [6.07, 6.45) is 3.10. The first-order valence-electron chi connectivity index (χ1n) is 13.2. The van der Waals surface area contributed by atoms with E-state index in [1.165, 1.54) is 27.8 Å². The van der Waals surface area contributed by atoms with Crippen LogP contribution in [0.2, 0.25) is 0 Å². The second kappa shape index (κ2) is 9.64. The van der Waals surface area contributed by atoms with Gasteiger partial charge < -0.3 is 0 Å². The molecule has 0 radical (unpaired) electrons. The fraction of sp³-hybridized carbons (Fsp3) is 0.375. The quantitative estimate of drug-likeness (QED) is 0.352. The maximum absolute atomic E-state index is 13.7. The molecule has 0 spiro atoms. The molecule has 36 heavy (non-hydrogen) atoms. The fourth-order valence-electron chi connectivity index (χ4n) is 5.88. The van der Waals surface area contributed by atoms with Crippen molar-refractivity contribution in [2.75, 3.05) is 6.54 Å². The van der Waals surface area contributed by atoms with Crippen molar-refractivity contribution >= 4 is 15.6 Å². The first-order chi connectivity index (χ1) is 17.2. The van der Waals surface area contributed by atoms with E-state index >= 15 is 0 Å². The number of hydrogen-bond donors (Lipinski definition) is 0. The van der Waals surface area contributed by atoms with Crippen LogP contribution in [0.3, 0.4) is 0 Å². The van der Waals surface area contributed by atoms with E-state index in [0.717, 1.165) is 12.0 Å². The van der Waals surface area contributed by atoms with Crippen molar-refractivity contribution in [3.8, 4) is 0 Å². The highest BCUT2D eigenvalue weighted by Crippen LogP contribution is 2.52. The van der Waals surface area contributed by atoms with E-state index < -0.39 is 10.0 Å². The van der Waals surface area contributed by atoms with Gasteiger partial charge in [-0.2, -0.15) is 4.31 Å². The fourth-order valence-corrected chi connectivity index (χ4v) is 7.51. The molecule has 1 fully saturated rings. The van der Waals surface area contributed by atoms with Crippen LogP contribution in [0.25, 0.3) is 5.57 Å². The molecule has 5 rings (SSSR count). The van der Waals surface area contributed by atoms with Crippen LogP contribution in [-0.4, -0.2) is 25.3 Å². The summed E-state index contributed by atoms with van der Waals surface area (Å²) < 4.78 is 29.2. The third kappa shape index (κ3) is 4.46. The molecule has 0 saturated carbocycles. The molecule has 1 saturated heterocycles. The molecule has 0 aromatic heterocycles. The van der Waals surface area contributed by atoms with Crippen molar-refractivity contribution in [3.05, 3.63) is 107 Å². The number of nitrogens with zero attached hydrogens (tertiary/aromatic N) is 1. The van der Waals surface area contributed by atoms with Crippen molar-refractivity contribution in [3.63, 3.8) is 0 Å². The number of fused-ring (bicyclic) bond motifs is 1. The molecule has 0 N–H and O–H groups in total. The highest BCUT2D eigenvalue weighted by Gasteiger charge is 2.49. The summed E-state index contributed by atoms with van der Waals surface area (Å²) in [7, 11) is -3.57. The minimum atomic E-state index is -3.57. The van der Waals surface area contributed by atoms with Crippen molar-refractivity contribution in [1.82, 2.24) is 4.31 Å². The average Bonchev–Trinajstić information content (AvgIpc) is 3.44. The molecule has 0 bridgehead atoms. The van der Waals surface area contributed by atoms with Crippen molar-refractivity contribution < 1.29 is 8.42 Å². The first kappa shape index (κ1) is 25.0. The smallest absolute Gasteiger partial charge is 0.207 e. The molecule has 3 aromatic carbocycles. The van der Waals surface area contributed by atoms with Gasteiger partial charge >= 0.3 is 0 Å². The van der Waals surface area contributed by atoms with Gasteiger partial charge in [-0.3, -0.25) is 0 Å². The molecule has 188 valence electrons. The second-order valence-electron chi connectivity index (χ2n) is 11.1. The lowest BCUT2D eigenvalue weighted by Crippen LogP contribution is -2.35. The number of sulfonamides is 1. The highest BCUT2D eigenvalue weighted by molar-refractivity contribution is 7.89. The summed E-state index contributed by atoms with van der Waals surface area (Å²) in [5.41, 5.74) is 7.43. The van der Waals surface area contributed by atoms with Gasteiger partial charge in [0.1, 0.15) is 0 Å². The summed E-state index contributed by atoms with van der Waals surface area (Å²) in [5, 5.41) is 0. The summed E-state index contributed by atoms with van der Waals surface area (Å²) in [6.45, 7) is 11.4. The van der Waals surface area contributed by atoms with Gasteiger partial charge in [0.05, 0.1) is 4.90 Å². The Balaban J connectivity index is 1.56. The Morgan fingerprint density at radius 3 is 1.89 bits per heavy atom. The zero-order valence-electron chi connectivity index (χ0n) is 22.0. The Morgan fingerprint density at radius 1 is 0.778 bits per heavy atom. The lowest BCUT2D eigenvalue weighted by molar-refractivity contribution is 0.393. The maximum atomic E-state index is 13.7. The summed E-state index contributed by atoms with van der Waals surface area (Å²) in [4.78, 5) is 0.384. The normalized spacial score (nSPS) is 22.3. The molecule has 0 unspecified atom stereocenters. The molecule has 4 heteroatoms. The molecule has 3 aromatic rings. The Labute approximate surface area is 216 Å². The topological polar surface area (TPSA) is 37.4 Å². The molecule has 1 aliphatic carbocycles. The van der Waals surface area contributed by atoms with Crippen molar-refractivity contribution in [2.24, 2.45) is 5.92 Å². The van der Waals surface area contributed by atoms with Gasteiger partial charge in [-0.25, -0.2) is 8.42 Å². The third-order valence-electron chi connectivity index (χ3n) is 8.07. The highest BCUT2D eigenvalue weighted by atomic mass is 32.2. The third-order valence-corrected chi connectivity index (χ3v) is 9.98. The molecule has 0 amide bonds. The van der Waals surface area contributed by atoms with Crippen LogP contribution in [0.5, 0.6) is 0 Å². The largest absolute Gasteiger partial charge is 0.243 e. The van der Waals surface area contributed by atoms with Crippen LogP contribution in [0.1, 0.15) is 79.7 Å². The van der Waals surface area contributed by atoms with Gasteiger partial charge in [-0.15, -0.1) is 0 Å². The zero-order chi connectivity index (χ0) is 25.6. The van der Waals surface area contributed by atoms with Crippen LogP contribution >= 0.6 is 0 Å². The Hall–Kier alpha value is -2.69. The van der Waals surface area contributed by atoms with Crippen LogP contribution in [0, 0.1) is 12.8 Å². The molecular formula is C32H37NO2S. The number of aryl methyl sites for hydroxylation is 1. The Morgan fingerprint density at radius 2 is 1.33 bits per heavy atom. The molecule has 1 aliphatic heterocycles. The average molecular weight is 500 g/mol. The SMILES string of the molecule is Cc1ccc(S(=O)(=O)N2CC[C@@H]3[C@@H](c4ccc(C(C)C)cc4)C(c4ccc(C(C)C)cc4)=C[C@@H]32)cc1. The molecule has 3 atom stereocenters. The van der Waals surface area contributed by atoms with E-state index in [1.54, 1.807) is 16.4 Å². The molecule has 3 nitrogen and oxygen atoms in total. The summed E-state index contributed by atoms with van der Waals surface area (Å²) in [5.74, 6) is 1.37. The Bertz CT molecular complexity index is 1350. The molecule has 1 heterocycles. The van der Waals surface area contributed by atoms with E-state index in [-0.39, 0.29) is 17.9 Å². The van der Waals surface area contributed by atoms with Gasteiger partial charge in [-0.05, 0) is 71.1 Å². The van der Waals surface area contributed by atoms with Gasteiger partial charge in [0, 0.05) is 18.5 Å². The monoisotopic (exact) mass is 499 g/mol. The molecule has 2 aliphatic rings. The number of rotatable bonds is 6. The van der Waals surface area contributed by atoms with E-state index in [4.69, 9.17) is 0 Å². The Kier molecular flexibility index (Phi) is 6.69. The number of hydrogen-bond acceptors (Lipinski definition) is 2. The maximum Gasteiger partial charge on any atom is 0.243 e. The minimum absolute atomic E-state index is 0.133. The predicted octanol–water partition coefficient (Wildman–Crippen LogP) is 7.50. The lowest BCUT2D eigenvalue weighted by atomic mass is 9.80. The standard InChI is InChI=1S/C32H37NO2S/c1-21(2)24-8-12-26(13-9-24)30-20-31-29(32(30)27-14-10-25(11-15-27)22(3)4)18-19-33(31)36(34,35)28-16-6-23(5)7-17-28/h6-17,20-22,29,31-32H,18-19H2,1-5H3/t29-,31-,32+/m0/s1. The second-order valence-corrected chi connectivity index (χ2v) is 13.0. The van der Waals surface area contributed by atoms with Crippen molar-refractivity contribution in [2.45, 2.75) is 69.7 Å². The van der Waals surface area contributed by atoms with Crippen LogP contribution in [0.4, 0.5) is 0 Å². The van der Waals surface area contributed by atoms with E-state index in [0.29, 0.717) is 23.3 Å². The zero-order valence-corrected chi connectivity index (χ0v) is 22.8. The van der Waals surface area contributed by atoms with Crippen LogP contribution in [0.15, 0.2) is 83.8 Å². The van der Waals surface area contributed by atoms with Gasteiger partial charge in [0.15, 0.2) is 0 Å². The number of benzene rings is 3. The van der Waals surface area contributed by atoms with Crippen LogP contribution < -0.4 is 0 Å². The minimum Gasteiger partial charge on any atom is -0.207 e. The summed E-state index contributed by atoms with van der Waals surface area (Å²) in [6, 6.07) is 25.0. The van der Waals surface area contributed by atoms with Crippen molar-refractivity contribution in [1.29, 1.82) is 0 Å². The van der Waals surface area contributed by atoms with E-state index in [2.05, 4.69) is 82.3 Å². The summed E-state index contributed by atoms with van der Waals surface area (Å²) >= 11 is 0.